The molecule has 4 aliphatic heterocycles. The van der Waals surface area contributed by atoms with Crippen LogP contribution >= 0.6 is 0 Å². The number of imide groups is 1. The third-order valence-corrected chi connectivity index (χ3v) is 6.33. The van der Waals surface area contributed by atoms with Crippen LogP contribution in [0.2, 0.25) is 0 Å². The van der Waals surface area contributed by atoms with Crippen molar-refractivity contribution in [1.82, 2.24) is 20.9 Å². The van der Waals surface area contributed by atoms with Crippen molar-refractivity contribution in [3.8, 4) is 0 Å². The van der Waals surface area contributed by atoms with Gasteiger partial charge in [0.05, 0.1) is 31.5 Å². The van der Waals surface area contributed by atoms with E-state index < -0.39 is 6.04 Å². The highest BCUT2D eigenvalue weighted by Crippen LogP contribution is 2.29. The van der Waals surface area contributed by atoms with Gasteiger partial charge < -0.3 is 25.0 Å². The quantitative estimate of drug-likeness (QED) is 0.547. The standard InChI is InChI=1S/C21H26N4O5/c26-18-5-4-16(20(27)24-18)25-9-13-3-1-2-12(19(13)21(25)28)6-22-7-14-8-23-15-10-29-11-17(15)30-14/h1-3,14-17,22-23H,4-11H2,(H,24,26,27)/t14-,15+,16?,17+/m1/s1. The summed E-state index contributed by atoms with van der Waals surface area (Å²) in [6, 6.07) is 5.51. The first-order chi connectivity index (χ1) is 14.6. The van der Waals surface area contributed by atoms with Crippen molar-refractivity contribution in [2.75, 3.05) is 26.3 Å². The predicted molar refractivity (Wildman–Crippen MR) is 105 cm³/mol. The lowest BCUT2D eigenvalue weighted by Crippen LogP contribution is -2.54. The molecule has 4 atom stereocenters. The van der Waals surface area contributed by atoms with Gasteiger partial charge in [0.1, 0.15) is 6.04 Å². The highest BCUT2D eigenvalue weighted by atomic mass is 16.6. The summed E-state index contributed by atoms with van der Waals surface area (Å²) in [5, 5.41) is 9.22. The summed E-state index contributed by atoms with van der Waals surface area (Å²) in [4.78, 5) is 38.4. The lowest BCUT2D eigenvalue weighted by atomic mass is 10.0. The molecule has 1 unspecified atom stereocenters. The van der Waals surface area contributed by atoms with Crippen LogP contribution in [0.3, 0.4) is 0 Å². The van der Waals surface area contributed by atoms with Crippen molar-refractivity contribution < 1.29 is 23.9 Å². The van der Waals surface area contributed by atoms with E-state index in [-0.39, 0.29) is 42.4 Å². The minimum absolute atomic E-state index is 0.0559. The molecule has 4 heterocycles. The Kier molecular flexibility index (Phi) is 5.28. The first-order valence-electron chi connectivity index (χ1n) is 10.5. The zero-order chi connectivity index (χ0) is 20.7. The van der Waals surface area contributed by atoms with Crippen molar-refractivity contribution in [3.05, 3.63) is 34.9 Å². The number of nitrogens with zero attached hydrogens (tertiary/aromatic N) is 1. The van der Waals surface area contributed by atoms with E-state index in [1.165, 1.54) is 0 Å². The highest BCUT2D eigenvalue weighted by molar-refractivity contribution is 6.05. The number of ether oxygens (including phenoxy) is 2. The van der Waals surface area contributed by atoms with E-state index in [2.05, 4.69) is 16.0 Å². The average Bonchev–Trinajstić information content (AvgIpc) is 3.33. The number of carbonyl (C=O) groups excluding carboxylic acids is 3. The number of hydrogen-bond acceptors (Lipinski definition) is 7. The maximum Gasteiger partial charge on any atom is 0.255 e. The summed E-state index contributed by atoms with van der Waals surface area (Å²) in [6.07, 6.45) is 0.791. The molecule has 9 nitrogen and oxygen atoms in total. The third-order valence-electron chi connectivity index (χ3n) is 6.33. The van der Waals surface area contributed by atoms with E-state index in [4.69, 9.17) is 9.47 Å². The molecule has 0 bridgehead atoms. The fourth-order valence-corrected chi connectivity index (χ4v) is 4.76. The van der Waals surface area contributed by atoms with Crippen molar-refractivity contribution in [3.63, 3.8) is 0 Å². The molecule has 30 heavy (non-hydrogen) atoms. The Morgan fingerprint density at radius 2 is 2.10 bits per heavy atom. The van der Waals surface area contributed by atoms with E-state index in [1.54, 1.807) is 4.90 Å². The Hall–Kier alpha value is -2.33. The van der Waals surface area contributed by atoms with E-state index in [0.717, 1.165) is 17.7 Å². The molecular weight excluding hydrogens is 388 g/mol. The fraction of sp³-hybridized carbons (Fsp3) is 0.571. The van der Waals surface area contributed by atoms with Crippen LogP contribution < -0.4 is 16.0 Å². The number of morpholine rings is 1. The van der Waals surface area contributed by atoms with Gasteiger partial charge in [0.15, 0.2) is 0 Å². The number of carbonyl (C=O) groups is 3. The summed E-state index contributed by atoms with van der Waals surface area (Å²) < 4.78 is 11.5. The first kappa shape index (κ1) is 19.6. The maximum absolute atomic E-state index is 13.1. The maximum atomic E-state index is 13.1. The second kappa shape index (κ2) is 8.07. The van der Waals surface area contributed by atoms with E-state index in [9.17, 15) is 14.4 Å². The van der Waals surface area contributed by atoms with Crippen LogP contribution in [0.25, 0.3) is 0 Å². The summed E-state index contributed by atoms with van der Waals surface area (Å²) in [5.74, 6) is -0.804. The van der Waals surface area contributed by atoms with E-state index in [0.29, 0.717) is 44.8 Å². The molecule has 1 aromatic carbocycles. The Balaban J connectivity index is 1.22. The molecule has 0 radical (unpaired) electrons. The van der Waals surface area contributed by atoms with Crippen molar-refractivity contribution in [2.24, 2.45) is 0 Å². The summed E-state index contributed by atoms with van der Waals surface area (Å²) in [6.45, 7) is 3.71. The minimum atomic E-state index is -0.591. The van der Waals surface area contributed by atoms with Crippen LogP contribution in [-0.2, 0) is 32.2 Å². The molecule has 0 spiro atoms. The van der Waals surface area contributed by atoms with Crippen LogP contribution in [0.4, 0.5) is 0 Å². The Morgan fingerprint density at radius 1 is 1.20 bits per heavy atom. The molecule has 0 aliphatic carbocycles. The topological polar surface area (TPSA) is 109 Å². The molecule has 160 valence electrons. The molecule has 3 amide bonds. The van der Waals surface area contributed by atoms with Gasteiger partial charge in [-0.05, 0) is 17.5 Å². The van der Waals surface area contributed by atoms with Crippen LogP contribution in [0, 0.1) is 0 Å². The number of fused-ring (bicyclic) bond motifs is 2. The first-order valence-corrected chi connectivity index (χ1v) is 10.5. The van der Waals surface area contributed by atoms with Gasteiger partial charge in [-0.25, -0.2) is 0 Å². The zero-order valence-corrected chi connectivity index (χ0v) is 16.7. The van der Waals surface area contributed by atoms with Crippen LogP contribution in [-0.4, -0.2) is 73.2 Å². The molecule has 9 heteroatoms. The molecule has 0 aromatic heterocycles. The molecule has 3 saturated heterocycles. The number of piperidine rings is 1. The molecular formula is C21H26N4O5. The number of hydrogen-bond donors (Lipinski definition) is 3. The summed E-state index contributed by atoms with van der Waals surface area (Å²) in [7, 11) is 0. The lowest BCUT2D eigenvalue weighted by molar-refractivity contribution is -0.136. The molecule has 3 N–H and O–H groups in total. The predicted octanol–water partition coefficient (Wildman–Crippen LogP) is -0.707. The van der Waals surface area contributed by atoms with Gasteiger partial charge in [0.25, 0.3) is 5.91 Å². The molecule has 3 fully saturated rings. The lowest BCUT2D eigenvalue weighted by Gasteiger charge is -2.32. The van der Waals surface area contributed by atoms with Crippen LogP contribution in [0.1, 0.15) is 34.3 Å². The molecule has 4 aliphatic rings. The smallest absolute Gasteiger partial charge is 0.255 e. The van der Waals surface area contributed by atoms with Gasteiger partial charge in [-0.1, -0.05) is 18.2 Å². The van der Waals surface area contributed by atoms with Crippen LogP contribution in [0.5, 0.6) is 0 Å². The summed E-state index contributed by atoms with van der Waals surface area (Å²) >= 11 is 0. The zero-order valence-electron chi connectivity index (χ0n) is 16.7. The Labute approximate surface area is 174 Å². The Morgan fingerprint density at radius 3 is 2.97 bits per heavy atom. The second-order valence-corrected chi connectivity index (χ2v) is 8.33. The summed E-state index contributed by atoms with van der Waals surface area (Å²) in [5.41, 5.74) is 2.50. The van der Waals surface area contributed by atoms with Gasteiger partial charge in [0, 0.05) is 38.2 Å². The third kappa shape index (κ3) is 3.62. The van der Waals surface area contributed by atoms with Crippen molar-refractivity contribution >= 4 is 17.7 Å². The number of amides is 3. The average molecular weight is 414 g/mol. The second-order valence-electron chi connectivity index (χ2n) is 8.33. The molecule has 0 saturated carbocycles. The van der Waals surface area contributed by atoms with Gasteiger partial charge in [-0.15, -0.1) is 0 Å². The van der Waals surface area contributed by atoms with Crippen molar-refractivity contribution in [1.29, 1.82) is 0 Å². The van der Waals surface area contributed by atoms with Gasteiger partial charge in [-0.3, -0.25) is 19.7 Å². The normalized spacial score (nSPS) is 30.9. The minimum Gasteiger partial charge on any atom is -0.377 e. The van der Waals surface area contributed by atoms with Crippen molar-refractivity contribution in [2.45, 2.75) is 50.2 Å². The molecule has 1 aromatic rings. The van der Waals surface area contributed by atoms with Gasteiger partial charge >= 0.3 is 0 Å². The SMILES string of the molecule is O=C1CCC(N2Cc3cccc(CNC[C@@H]4CN[C@H]5COC[C@@H]5O4)c3C2=O)C(=O)N1. The monoisotopic (exact) mass is 414 g/mol. The Bertz CT molecular complexity index is 875. The largest absolute Gasteiger partial charge is 0.377 e. The molecule has 5 rings (SSSR count). The van der Waals surface area contributed by atoms with Gasteiger partial charge in [-0.2, -0.15) is 0 Å². The fourth-order valence-electron chi connectivity index (χ4n) is 4.76. The number of nitrogens with one attached hydrogen (secondary N) is 3. The van der Waals surface area contributed by atoms with Crippen LogP contribution in [0.15, 0.2) is 18.2 Å². The highest BCUT2D eigenvalue weighted by Gasteiger charge is 2.40. The van der Waals surface area contributed by atoms with Gasteiger partial charge in [0.2, 0.25) is 11.8 Å². The van der Waals surface area contributed by atoms with E-state index in [1.807, 2.05) is 18.2 Å². The number of rotatable bonds is 5. The van der Waals surface area contributed by atoms with E-state index >= 15 is 0 Å². The number of benzene rings is 1.